The van der Waals surface area contributed by atoms with Crippen molar-refractivity contribution in [2.24, 2.45) is 0 Å². The molecule has 68 valence electrons. The normalized spacial score (nSPS) is 10.7. The van der Waals surface area contributed by atoms with Gasteiger partial charge in [0.2, 0.25) is 0 Å². The first kappa shape index (κ1) is 11.9. The summed E-state index contributed by atoms with van der Waals surface area (Å²) in [4.78, 5) is 0. The summed E-state index contributed by atoms with van der Waals surface area (Å²) in [6, 6.07) is 8.70. The molecular formula is C10H15IO. The summed E-state index contributed by atoms with van der Waals surface area (Å²) < 4.78 is 1.30. The quantitative estimate of drug-likeness (QED) is 0.654. The van der Waals surface area contributed by atoms with Crippen molar-refractivity contribution in [1.82, 2.24) is 0 Å². The number of hydrogen-bond donors (Lipinski definition) is 0. The van der Waals surface area contributed by atoms with Gasteiger partial charge in [-0.2, -0.15) is 0 Å². The summed E-state index contributed by atoms with van der Waals surface area (Å²) in [5.74, 6) is 0. The highest BCUT2D eigenvalue weighted by Crippen LogP contribution is 2.22. The molecule has 0 saturated heterocycles. The van der Waals surface area contributed by atoms with E-state index >= 15 is 0 Å². The van der Waals surface area contributed by atoms with Gasteiger partial charge < -0.3 is 5.48 Å². The van der Waals surface area contributed by atoms with E-state index in [4.69, 9.17) is 0 Å². The van der Waals surface area contributed by atoms with Gasteiger partial charge in [-0.15, -0.1) is 0 Å². The van der Waals surface area contributed by atoms with Crippen LogP contribution in [-0.2, 0) is 5.41 Å². The van der Waals surface area contributed by atoms with Crippen molar-refractivity contribution in [2.45, 2.75) is 26.2 Å². The van der Waals surface area contributed by atoms with Crippen LogP contribution in [0, 0.1) is 3.57 Å². The lowest BCUT2D eigenvalue weighted by Gasteiger charge is -2.18. The van der Waals surface area contributed by atoms with Crippen LogP contribution >= 0.6 is 22.6 Å². The molecule has 2 heteroatoms. The maximum Gasteiger partial charge on any atom is 0.0130 e. The molecule has 0 spiro atoms. The second-order valence-electron chi connectivity index (χ2n) is 3.76. The summed E-state index contributed by atoms with van der Waals surface area (Å²) >= 11 is 2.32. The highest BCUT2D eigenvalue weighted by Gasteiger charge is 2.11. The van der Waals surface area contributed by atoms with E-state index in [1.807, 2.05) is 0 Å². The van der Waals surface area contributed by atoms with Gasteiger partial charge >= 0.3 is 0 Å². The Labute approximate surface area is 87.6 Å². The number of benzene rings is 1. The Morgan fingerprint density at radius 1 is 1.00 bits per heavy atom. The monoisotopic (exact) mass is 278 g/mol. The Hall–Kier alpha value is -0.0900. The third kappa shape index (κ3) is 3.11. The smallest absolute Gasteiger partial charge is 0.0130 e. The topological polar surface area (TPSA) is 31.5 Å². The molecule has 1 nitrogen and oxygen atoms in total. The SMILES string of the molecule is CC(C)(C)c1ccc(I)cc1.O. The minimum atomic E-state index is 0. The van der Waals surface area contributed by atoms with Crippen molar-refractivity contribution < 1.29 is 5.48 Å². The summed E-state index contributed by atoms with van der Waals surface area (Å²) in [7, 11) is 0. The highest BCUT2D eigenvalue weighted by atomic mass is 127. The Kier molecular flexibility index (Phi) is 4.20. The standard InChI is InChI=1S/C10H13I.H2O/c1-10(2,3)8-4-6-9(11)7-5-8;/h4-7H,1-3H3;1H2. The third-order valence-corrected chi connectivity index (χ3v) is 2.43. The fourth-order valence-corrected chi connectivity index (χ4v) is 1.31. The fraction of sp³-hybridized carbons (Fsp3) is 0.400. The molecule has 0 saturated carbocycles. The van der Waals surface area contributed by atoms with Crippen LogP contribution in [0.25, 0.3) is 0 Å². The summed E-state index contributed by atoms with van der Waals surface area (Å²) in [5, 5.41) is 0. The molecule has 0 heterocycles. The molecule has 2 N–H and O–H groups in total. The largest absolute Gasteiger partial charge is 0.412 e. The number of rotatable bonds is 0. The second kappa shape index (κ2) is 4.23. The summed E-state index contributed by atoms with van der Waals surface area (Å²) in [5.41, 5.74) is 1.68. The Morgan fingerprint density at radius 3 is 1.75 bits per heavy atom. The molecule has 0 aromatic heterocycles. The van der Waals surface area contributed by atoms with Crippen LogP contribution in [0.3, 0.4) is 0 Å². The average Bonchev–Trinajstić information content (AvgIpc) is 1.86. The minimum absolute atomic E-state index is 0. The van der Waals surface area contributed by atoms with Gasteiger partial charge in [0.15, 0.2) is 0 Å². The Balaban J connectivity index is 0.00000121. The van der Waals surface area contributed by atoms with Gasteiger partial charge in [-0.25, -0.2) is 0 Å². The maximum absolute atomic E-state index is 2.32. The first-order valence-electron chi connectivity index (χ1n) is 3.76. The van der Waals surface area contributed by atoms with Crippen molar-refractivity contribution in [1.29, 1.82) is 0 Å². The molecule has 0 aliphatic rings. The average molecular weight is 278 g/mol. The molecule has 0 atom stereocenters. The van der Waals surface area contributed by atoms with Crippen LogP contribution in [-0.4, -0.2) is 5.48 Å². The highest BCUT2D eigenvalue weighted by molar-refractivity contribution is 14.1. The molecule has 0 aliphatic carbocycles. The zero-order valence-electron chi connectivity index (χ0n) is 7.69. The lowest BCUT2D eigenvalue weighted by Crippen LogP contribution is -2.10. The molecular weight excluding hydrogens is 263 g/mol. The van der Waals surface area contributed by atoms with Crippen LogP contribution in [0.15, 0.2) is 24.3 Å². The molecule has 0 amide bonds. The van der Waals surface area contributed by atoms with Crippen molar-refractivity contribution in [3.63, 3.8) is 0 Å². The van der Waals surface area contributed by atoms with Crippen molar-refractivity contribution in [2.75, 3.05) is 0 Å². The van der Waals surface area contributed by atoms with Crippen molar-refractivity contribution in [3.8, 4) is 0 Å². The Bertz CT molecular complexity index is 233. The lowest BCUT2D eigenvalue weighted by molar-refractivity contribution is 0.590. The van der Waals surface area contributed by atoms with Crippen LogP contribution in [0.5, 0.6) is 0 Å². The van der Waals surface area contributed by atoms with E-state index in [1.165, 1.54) is 9.13 Å². The van der Waals surface area contributed by atoms with Gasteiger partial charge in [-0.1, -0.05) is 32.9 Å². The molecule has 0 unspecified atom stereocenters. The van der Waals surface area contributed by atoms with Gasteiger partial charge in [0.1, 0.15) is 0 Å². The lowest BCUT2D eigenvalue weighted by atomic mass is 9.87. The predicted molar refractivity (Wildman–Crippen MR) is 61.5 cm³/mol. The van der Waals surface area contributed by atoms with Crippen molar-refractivity contribution >= 4 is 22.6 Å². The van der Waals surface area contributed by atoms with Gasteiger partial charge in [0.05, 0.1) is 0 Å². The molecule has 1 rings (SSSR count). The van der Waals surface area contributed by atoms with E-state index in [1.54, 1.807) is 0 Å². The fourth-order valence-electron chi connectivity index (χ4n) is 0.950. The van der Waals surface area contributed by atoms with Crippen LogP contribution in [0.1, 0.15) is 26.3 Å². The van der Waals surface area contributed by atoms with Gasteiger partial charge in [-0.3, -0.25) is 0 Å². The van der Waals surface area contributed by atoms with Crippen LogP contribution in [0.2, 0.25) is 0 Å². The molecule has 0 bridgehead atoms. The van der Waals surface area contributed by atoms with Crippen LogP contribution < -0.4 is 0 Å². The molecule has 0 fully saturated rings. The van der Waals surface area contributed by atoms with E-state index in [-0.39, 0.29) is 10.9 Å². The predicted octanol–water partition coefficient (Wildman–Crippen LogP) is 2.76. The molecule has 1 aromatic carbocycles. The third-order valence-electron chi connectivity index (χ3n) is 1.71. The van der Waals surface area contributed by atoms with Gasteiger partial charge in [-0.05, 0) is 45.7 Å². The first-order chi connectivity index (χ1) is 5.00. The summed E-state index contributed by atoms with van der Waals surface area (Å²) in [6.45, 7) is 6.69. The Morgan fingerprint density at radius 2 is 1.42 bits per heavy atom. The van der Waals surface area contributed by atoms with E-state index in [0.29, 0.717) is 0 Å². The van der Waals surface area contributed by atoms with Gasteiger partial charge in [0.25, 0.3) is 0 Å². The minimum Gasteiger partial charge on any atom is -0.412 e. The van der Waals surface area contributed by atoms with E-state index in [9.17, 15) is 0 Å². The van der Waals surface area contributed by atoms with E-state index in [2.05, 4.69) is 67.6 Å². The van der Waals surface area contributed by atoms with E-state index in [0.717, 1.165) is 0 Å². The number of hydrogen-bond acceptors (Lipinski definition) is 0. The first-order valence-corrected chi connectivity index (χ1v) is 4.84. The molecule has 12 heavy (non-hydrogen) atoms. The van der Waals surface area contributed by atoms with E-state index < -0.39 is 0 Å². The zero-order chi connectivity index (χ0) is 8.48. The second-order valence-corrected chi connectivity index (χ2v) is 5.00. The molecule has 0 radical (unpaired) electrons. The molecule has 1 aromatic rings. The molecule has 0 aliphatic heterocycles. The van der Waals surface area contributed by atoms with Crippen molar-refractivity contribution in [3.05, 3.63) is 33.4 Å². The number of halogens is 1. The van der Waals surface area contributed by atoms with Crippen LogP contribution in [0.4, 0.5) is 0 Å². The zero-order valence-corrected chi connectivity index (χ0v) is 9.84. The van der Waals surface area contributed by atoms with Gasteiger partial charge in [0, 0.05) is 3.57 Å². The summed E-state index contributed by atoms with van der Waals surface area (Å²) in [6.07, 6.45) is 0. The maximum atomic E-state index is 2.32.